The van der Waals surface area contributed by atoms with Crippen LogP contribution in [0.25, 0.3) is 0 Å². The fraction of sp³-hybridized carbons (Fsp3) is 0.0435. The molecular formula is C23H17BrIN3O4. The van der Waals surface area contributed by atoms with Crippen LogP contribution in [0.4, 0.5) is 0 Å². The van der Waals surface area contributed by atoms with Crippen LogP contribution in [0.2, 0.25) is 0 Å². The Balaban J connectivity index is 1.47. The zero-order valence-electron chi connectivity index (χ0n) is 16.5. The van der Waals surface area contributed by atoms with E-state index in [-0.39, 0.29) is 12.5 Å². The van der Waals surface area contributed by atoms with Gasteiger partial charge < -0.3 is 10.1 Å². The van der Waals surface area contributed by atoms with Crippen molar-refractivity contribution in [3.63, 3.8) is 0 Å². The van der Waals surface area contributed by atoms with Gasteiger partial charge in [-0.3, -0.25) is 9.59 Å². The van der Waals surface area contributed by atoms with Gasteiger partial charge in [-0.15, -0.1) is 0 Å². The van der Waals surface area contributed by atoms with Crippen LogP contribution in [0.15, 0.2) is 82.4 Å². The number of amides is 2. The number of benzene rings is 3. The van der Waals surface area contributed by atoms with Gasteiger partial charge in [-0.2, -0.15) is 5.10 Å². The topological polar surface area (TPSA) is 96.9 Å². The van der Waals surface area contributed by atoms with E-state index in [9.17, 15) is 14.4 Å². The van der Waals surface area contributed by atoms with Crippen LogP contribution in [0.1, 0.15) is 26.3 Å². The summed E-state index contributed by atoms with van der Waals surface area (Å²) in [5, 5.41) is 6.42. The van der Waals surface area contributed by atoms with Crippen molar-refractivity contribution in [2.45, 2.75) is 0 Å². The van der Waals surface area contributed by atoms with Crippen molar-refractivity contribution >= 4 is 62.5 Å². The molecule has 0 aromatic heterocycles. The second kappa shape index (κ2) is 11.5. The maximum Gasteiger partial charge on any atom is 0.344 e. The molecule has 0 aliphatic heterocycles. The maximum atomic E-state index is 12.2. The van der Waals surface area contributed by atoms with Gasteiger partial charge in [-0.1, -0.05) is 24.3 Å². The van der Waals surface area contributed by atoms with E-state index in [1.807, 2.05) is 18.2 Å². The Morgan fingerprint density at radius 1 is 0.938 bits per heavy atom. The lowest BCUT2D eigenvalue weighted by Gasteiger charge is -2.06. The summed E-state index contributed by atoms with van der Waals surface area (Å²) in [6.07, 6.45) is 1.44. The number of hydrazone groups is 1. The van der Waals surface area contributed by atoms with Crippen LogP contribution in [0.5, 0.6) is 5.75 Å². The summed E-state index contributed by atoms with van der Waals surface area (Å²) in [5.74, 6) is -0.884. The van der Waals surface area contributed by atoms with Gasteiger partial charge in [0, 0.05) is 8.04 Å². The van der Waals surface area contributed by atoms with Crippen molar-refractivity contribution in [2.75, 3.05) is 6.54 Å². The van der Waals surface area contributed by atoms with E-state index in [4.69, 9.17) is 4.74 Å². The zero-order chi connectivity index (χ0) is 22.9. The number of nitrogens with zero attached hydrogens (tertiary/aromatic N) is 1. The van der Waals surface area contributed by atoms with Gasteiger partial charge in [0.15, 0.2) is 0 Å². The Bertz CT molecular complexity index is 1170. The van der Waals surface area contributed by atoms with Gasteiger partial charge in [0.2, 0.25) is 0 Å². The number of carbonyl (C=O) groups is 3. The van der Waals surface area contributed by atoms with Crippen molar-refractivity contribution in [1.82, 2.24) is 10.7 Å². The molecule has 0 fully saturated rings. The minimum atomic E-state index is -0.474. The Morgan fingerprint density at radius 3 is 2.28 bits per heavy atom. The molecular weight excluding hydrogens is 589 g/mol. The first-order chi connectivity index (χ1) is 15.4. The SMILES string of the molecule is O=C(CNC(=O)c1ccccc1I)N/N=C\c1ccc(OC(=O)c2ccccc2Br)cc1. The smallest absolute Gasteiger partial charge is 0.344 e. The molecule has 9 heteroatoms. The molecule has 0 bridgehead atoms. The third-order valence-corrected chi connectivity index (χ3v) is 5.75. The largest absolute Gasteiger partial charge is 0.423 e. The predicted octanol–water partition coefficient (Wildman–Crippen LogP) is 4.15. The van der Waals surface area contributed by atoms with Crippen LogP contribution in [-0.2, 0) is 4.79 Å². The van der Waals surface area contributed by atoms with Crippen LogP contribution in [0.3, 0.4) is 0 Å². The van der Waals surface area contributed by atoms with Crippen molar-refractivity contribution in [1.29, 1.82) is 0 Å². The average molecular weight is 606 g/mol. The second-order valence-electron chi connectivity index (χ2n) is 6.39. The van der Waals surface area contributed by atoms with Crippen LogP contribution in [-0.4, -0.2) is 30.5 Å². The van der Waals surface area contributed by atoms with Crippen molar-refractivity contribution < 1.29 is 19.1 Å². The summed E-state index contributed by atoms with van der Waals surface area (Å²) in [4.78, 5) is 36.2. The number of rotatable bonds is 7. The normalized spacial score (nSPS) is 10.6. The number of halogens is 2. The van der Waals surface area contributed by atoms with Crippen LogP contribution in [0, 0.1) is 3.57 Å². The molecule has 7 nitrogen and oxygen atoms in total. The molecule has 2 amide bonds. The Hall–Kier alpha value is -3.05. The monoisotopic (exact) mass is 605 g/mol. The van der Waals surface area contributed by atoms with Crippen LogP contribution >= 0.6 is 38.5 Å². The number of hydrogen-bond donors (Lipinski definition) is 2. The molecule has 0 aliphatic rings. The van der Waals surface area contributed by atoms with E-state index in [2.05, 4.69) is 54.4 Å². The highest BCUT2D eigenvalue weighted by Gasteiger charge is 2.12. The minimum absolute atomic E-state index is 0.203. The van der Waals surface area contributed by atoms with E-state index >= 15 is 0 Å². The lowest BCUT2D eigenvalue weighted by atomic mass is 10.2. The molecule has 0 heterocycles. The van der Waals surface area contributed by atoms with Gasteiger partial charge in [0.25, 0.3) is 11.8 Å². The summed E-state index contributed by atoms with van der Waals surface area (Å²) < 4.78 is 6.80. The van der Waals surface area contributed by atoms with E-state index < -0.39 is 11.9 Å². The number of hydrogen-bond acceptors (Lipinski definition) is 5. The number of nitrogens with one attached hydrogen (secondary N) is 2. The van der Waals surface area contributed by atoms with Gasteiger partial charge >= 0.3 is 5.97 Å². The minimum Gasteiger partial charge on any atom is -0.423 e. The van der Waals surface area contributed by atoms with E-state index in [1.165, 1.54) is 6.21 Å². The highest BCUT2D eigenvalue weighted by molar-refractivity contribution is 14.1. The Kier molecular flexibility index (Phi) is 8.51. The van der Waals surface area contributed by atoms with Gasteiger partial charge in [0.1, 0.15) is 5.75 Å². The lowest BCUT2D eigenvalue weighted by molar-refractivity contribution is -0.120. The quantitative estimate of drug-likeness (QED) is 0.139. The molecule has 0 radical (unpaired) electrons. The number of carbonyl (C=O) groups excluding carboxylic acids is 3. The molecule has 2 N–H and O–H groups in total. The highest BCUT2D eigenvalue weighted by Crippen LogP contribution is 2.19. The van der Waals surface area contributed by atoms with Crippen LogP contribution < -0.4 is 15.5 Å². The lowest BCUT2D eigenvalue weighted by Crippen LogP contribution is -2.35. The van der Waals surface area contributed by atoms with E-state index in [1.54, 1.807) is 54.6 Å². The summed E-state index contributed by atoms with van der Waals surface area (Å²) in [7, 11) is 0. The van der Waals surface area contributed by atoms with Gasteiger partial charge in [0.05, 0.1) is 23.9 Å². The summed E-state index contributed by atoms with van der Waals surface area (Å²) in [6, 6.07) is 20.7. The summed E-state index contributed by atoms with van der Waals surface area (Å²) >= 11 is 5.38. The Labute approximate surface area is 206 Å². The molecule has 0 spiro atoms. The number of ether oxygens (including phenoxy) is 1. The third kappa shape index (κ3) is 6.72. The fourth-order valence-corrected chi connectivity index (χ4v) is 3.61. The first-order valence-electron chi connectivity index (χ1n) is 9.35. The molecule has 0 aliphatic carbocycles. The second-order valence-corrected chi connectivity index (χ2v) is 8.41. The number of esters is 1. The Morgan fingerprint density at radius 2 is 1.59 bits per heavy atom. The highest BCUT2D eigenvalue weighted by atomic mass is 127. The third-order valence-electron chi connectivity index (χ3n) is 4.12. The molecule has 0 atom stereocenters. The molecule has 0 saturated carbocycles. The molecule has 0 saturated heterocycles. The average Bonchev–Trinajstić information content (AvgIpc) is 2.79. The first kappa shape index (κ1) is 23.6. The predicted molar refractivity (Wildman–Crippen MR) is 133 cm³/mol. The molecule has 3 rings (SSSR count). The molecule has 162 valence electrons. The van der Waals surface area contributed by atoms with Crippen molar-refractivity contribution in [2.24, 2.45) is 5.10 Å². The summed E-state index contributed by atoms with van der Waals surface area (Å²) in [6.45, 7) is -0.203. The fourth-order valence-electron chi connectivity index (χ4n) is 2.53. The zero-order valence-corrected chi connectivity index (χ0v) is 20.3. The van der Waals surface area contributed by atoms with Crippen molar-refractivity contribution in [3.05, 3.63) is 97.5 Å². The summed E-state index contributed by atoms with van der Waals surface area (Å²) in [5.41, 5.74) is 3.97. The molecule has 0 unspecified atom stereocenters. The molecule has 3 aromatic rings. The van der Waals surface area contributed by atoms with E-state index in [0.29, 0.717) is 26.9 Å². The van der Waals surface area contributed by atoms with Gasteiger partial charge in [-0.05, 0) is 92.6 Å². The first-order valence-corrected chi connectivity index (χ1v) is 11.2. The van der Waals surface area contributed by atoms with E-state index in [0.717, 1.165) is 3.57 Å². The standard InChI is InChI=1S/C23H17BrIN3O4/c24-19-7-3-1-5-17(19)23(31)32-16-11-9-15(10-12-16)13-27-28-21(29)14-26-22(30)18-6-2-4-8-20(18)25/h1-13H,14H2,(H,26,30)(H,28,29)/b27-13-. The van der Waals surface area contributed by atoms with Crippen molar-refractivity contribution in [3.8, 4) is 5.75 Å². The maximum absolute atomic E-state index is 12.2. The molecule has 3 aromatic carbocycles. The van der Waals surface area contributed by atoms with Gasteiger partial charge in [-0.25, -0.2) is 10.2 Å². The molecule has 32 heavy (non-hydrogen) atoms.